The van der Waals surface area contributed by atoms with Gasteiger partial charge in [0.2, 0.25) is 5.91 Å². The highest BCUT2D eigenvalue weighted by atomic mass is 16.2. The van der Waals surface area contributed by atoms with E-state index < -0.39 is 0 Å². The Balaban J connectivity index is 2.11. The molecule has 0 fully saturated rings. The topological polar surface area (TPSA) is 59.0 Å². The predicted molar refractivity (Wildman–Crippen MR) is 90.3 cm³/mol. The summed E-state index contributed by atoms with van der Waals surface area (Å²) in [5.41, 5.74) is 5.85. The van der Waals surface area contributed by atoms with Crippen LogP contribution in [0.5, 0.6) is 0 Å². The minimum Gasteiger partial charge on any atom is -0.374 e. The number of rotatable bonds is 4. The first kappa shape index (κ1) is 16.1. The van der Waals surface area contributed by atoms with Crippen molar-refractivity contribution in [2.24, 2.45) is 7.05 Å². The number of carbonyl (C=O) groups excluding carboxylic acids is 1. The summed E-state index contributed by atoms with van der Waals surface area (Å²) in [4.78, 5) is 12.4. The van der Waals surface area contributed by atoms with Gasteiger partial charge in [0.1, 0.15) is 6.04 Å². The Hall–Kier alpha value is -2.30. The third kappa shape index (κ3) is 3.30. The van der Waals surface area contributed by atoms with Crippen LogP contribution in [-0.4, -0.2) is 21.7 Å². The lowest BCUT2D eigenvalue weighted by atomic mass is 10.1. The molecule has 1 aromatic carbocycles. The Bertz CT molecular complexity index is 703. The predicted octanol–water partition coefficient (Wildman–Crippen LogP) is 3.09. The van der Waals surface area contributed by atoms with E-state index in [1.807, 2.05) is 41.7 Å². The van der Waals surface area contributed by atoms with E-state index >= 15 is 0 Å². The SMILES string of the molecule is Cc1ccc(C)c(N[C@@H](C)C(=O)Nc2c(C)nn(C)c2C)c1. The summed E-state index contributed by atoms with van der Waals surface area (Å²) in [5.74, 6) is -0.0693. The number of amides is 1. The molecule has 0 saturated carbocycles. The summed E-state index contributed by atoms with van der Waals surface area (Å²) < 4.78 is 1.77. The van der Waals surface area contributed by atoms with Crippen molar-refractivity contribution >= 4 is 17.3 Å². The van der Waals surface area contributed by atoms with E-state index in [4.69, 9.17) is 0 Å². The lowest BCUT2D eigenvalue weighted by molar-refractivity contribution is -0.116. The van der Waals surface area contributed by atoms with Gasteiger partial charge in [-0.1, -0.05) is 12.1 Å². The van der Waals surface area contributed by atoms with E-state index in [2.05, 4.69) is 33.9 Å². The van der Waals surface area contributed by atoms with E-state index in [0.29, 0.717) is 0 Å². The number of aromatic nitrogens is 2. The van der Waals surface area contributed by atoms with Crippen molar-refractivity contribution in [1.29, 1.82) is 0 Å². The Morgan fingerprint density at radius 3 is 2.50 bits per heavy atom. The van der Waals surface area contributed by atoms with Crippen LogP contribution < -0.4 is 10.6 Å². The molecule has 2 N–H and O–H groups in total. The summed E-state index contributed by atoms with van der Waals surface area (Å²) in [6.45, 7) is 9.77. The van der Waals surface area contributed by atoms with Crippen LogP contribution >= 0.6 is 0 Å². The Morgan fingerprint density at radius 2 is 1.91 bits per heavy atom. The van der Waals surface area contributed by atoms with Gasteiger partial charge in [0.15, 0.2) is 0 Å². The highest BCUT2D eigenvalue weighted by Crippen LogP contribution is 2.20. The van der Waals surface area contributed by atoms with Gasteiger partial charge in [-0.25, -0.2) is 0 Å². The molecule has 0 aliphatic rings. The number of nitrogens with zero attached hydrogens (tertiary/aromatic N) is 2. The van der Waals surface area contributed by atoms with Gasteiger partial charge in [0.05, 0.1) is 17.1 Å². The van der Waals surface area contributed by atoms with Crippen LogP contribution in [-0.2, 0) is 11.8 Å². The number of hydrogen-bond donors (Lipinski definition) is 2. The number of benzene rings is 1. The van der Waals surface area contributed by atoms with Gasteiger partial charge in [-0.15, -0.1) is 0 Å². The van der Waals surface area contributed by atoms with E-state index in [0.717, 1.165) is 28.3 Å². The maximum atomic E-state index is 12.4. The quantitative estimate of drug-likeness (QED) is 0.912. The first-order valence-electron chi connectivity index (χ1n) is 7.44. The van der Waals surface area contributed by atoms with E-state index in [1.165, 1.54) is 5.56 Å². The molecule has 0 aliphatic heterocycles. The largest absolute Gasteiger partial charge is 0.374 e. The minimum absolute atomic E-state index is 0.0693. The van der Waals surface area contributed by atoms with Crippen molar-refractivity contribution in [2.45, 2.75) is 40.7 Å². The molecule has 2 aromatic rings. The number of hydrogen-bond acceptors (Lipinski definition) is 3. The van der Waals surface area contributed by atoms with Crippen molar-refractivity contribution < 1.29 is 4.79 Å². The van der Waals surface area contributed by atoms with Gasteiger partial charge in [0.25, 0.3) is 0 Å². The van der Waals surface area contributed by atoms with Crippen LogP contribution in [0.1, 0.15) is 29.4 Å². The average molecular weight is 300 g/mol. The maximum Gasteiger partial charge on any atom is 0.246 e. The highest BCUT2D eigenvalue weighted by molar-refractivity contribution is 5.97. The normalized spacial score (nSPS) is 12.1. The zero-order valence-electron chi connectivity index (χ0n) is 14.1. The van der Waals surface area contributed by atoms with E-state index in [-0.39, 0.29) is 11.9 Å². The molecule has 0 spiro atoms. The number of aryl methyl sites for hydroxylation is 4. The van der Waals surface area contributed by atoms with Crippen molar-refractivity contribution in [1.82, 2.24) is 9.78 Å². The van der Waals surface area contributed by atoms with Crippen molar-refractivity contribution in [3.8, 4) is 0 Å². The molecule has 5 heteroatoms. The second-order valence-corrected chi connectivity index (χ2v) is 5.84. The Morgan fingerprint density at radius 1 is 1.23 bits per heavy atom. The fraction of sp³-hybridized carbons (Fsp3) is 0.412. The van der Waals surface area contributed by atoms with Crippen LogP contribution in [0.25, 0.3) is 0 Å². The molecule has 0 saturated heterocycles. The summed E-state index contributed by atoms with van der Waals surface area (Å²) in [6, 6.07) is 5.84. The smallest absolute Gasteiger partial charge is 0.246 e. The molecule has 0 bridgehead atoms. The van der Waals surface area contributed by atoms with Gasteiger partial charge in [-0.3, -0.25) is 9.48 Å². The standard InChI is InChI=1S/C17H24N4O/c1-10-7-8-11(2)15(9-10)18-13(4)17(22)19-16-12(3)20-21(6)14(16)5/h7-9,13,18H,1-6H3,(H,19,22)/t13-/m0/s1. The highest BCUT2D eigenvalue weighted by Gasteiger charge is 2.17. The molecule has 5 nitrogen and oxygen atoms in total. The molecule has 2 rings (SSSR count). The Labute approximate surface area is 131 Å². The maximum absolute atomic E-state index is 12.4. The second-order valence-electron chi connectivity index (χ2n) is 5.84. The number of nitrogens with one attached hydrogen (secondary N) is 2. The Kier molecular flexibility index (Phi) is 4.54. The molecule has 1 aromatic heterocycles. The van der Waals surface area contributed by atoms with Gasteiger partial charge >= 0.3 is 0 Å². The zero-order chi connectivity index (χ0) is 16.4. The van der Waals surface area contributed by atoms with Crippen molar-refractivity contribution in [3.05, 3.63) is 40.7 Å². The number of carbonyl (C=O) groups is 1. The lowest BCUT2D eigenvalue weighted by Crippen LogP contribution is -2.32. The molecule has 118 valence electrons. The minimum atomic E-state index is -0.334. The number of anilines is 2. The monoisotopic (exact) mass is 300 g/mol. The summed E-state index contributed by atoms with van der Waals surface area (Å²) in [6.07, 6.45) is 0. The molecule has 0 aliphatic carbocycles. The zero-order valence-corrected chi connectivity index (χ0v) is 14.1. The van der Waals surface area contributed by atoms with Crippen molar-refractivity contribution in [2.75, 3.05) is 10.6 Å². The molecule has 1 heterocycles. The van der Waals surface area contributed by atoms with E-state index in [9.17, 15) is 4.79 Å². The molecule has 1 amide bonds. The van der Waals surface area contributed by atoms with Crippen LogP contribution in [0.2, 0.25) is 0 Å². The van der Waals surface area contributed by atoms with Crippen LogP contribution in [0.3, 0.4) is 0 Å². The van der Waals surface area contributed by atoms with Crippen LogP contribution in [0.15, 0.2) is 18.2 Å². The van der Waals surface area contributed by atoms with E-state index in [1.54, 1.807) is 4.68 Å². The van der Waals surface area contributed by atoms with Gasteiger partial charge < -0.3 is 10.6 Å². The molecule has 0 radical (unpaired) electrons. The first-order chi connectivity index (χ1) is 10.3. The summed E-state index contributed by atoms with van der Waals surface area (Å²) >= 11 is 0. The summed E-state index contributed by atoms with van der Waals surface area (Å²) in [5, 5.41) is 10.6. The van der Waals surface area contributed by atoms with Gasteiger partial charge in [0, 0.05) is 12.7 Å². The van der Waals surface area contributed by atoms with Crippen molar-refractivity contribution in [3.63, 3.8) is 0 Å². The fourth-order valence-corrected chi connectivity index (χ4v) is 2.38. The van der Waals surface area contributed by atoms with Crippen LogP contribution in [0.4, 0.5) is 11.4 Å². The molecular weight excluding hydrogens is 276 g/mol. The lowest BCUT2D eigenvalue weighted by Gasteiger charge is -2.17. The van der Waals surface area contributed by atoms with Gasteiger partial charge in [-0.05, 0) is 51.8 Å². The molecular formula is C17H24N4O. The fourth-order valence-electron chi connectivity index (χ4n) is 2.38. The van der Waals surface area contributed by atoms with Gasteiger partial charge in [-0.2, -0.15) is 5.10 Å². The summed E-state index contributed by atoms with van der Waals surface area (Å²) in [7, 11) is 1.87. The molecule has 0 unspecified atom stereocenters. The first-order valence-corrected chi connectivity index (χ1v) is 7.44. The second kappa shape index (κ2) is 6.22. The molecule has 22 heavy (non-hydrogen) atoms. The van der Waals surface area contributed by atoms with Crippen LogP contribution in [0, 0.1) is 27.7 Å². The third-order valence-corrected chi connectivity index (χ3v) is 3.92. The third-order valence-electron chi connectivity index (χ3n) is 3.92. The molecule has 1 atom stereocenters. The average Bonchev–Trinajstić information content (AvgIpc) is 2.69.